The van der Waals surface area contributed by atoms with Crippen molar-refractivity contribution in [2.24, 2.45) is 0 Å². The summed E-state index contributed by atoms with van der Waals surface area (Å²) in [6.07, 6.45) is 5.94. The highest BCUT2D eigenvalue weighted by molar-refractivity contribution is 6.01. The number of aryl methyl sites for hydroxylation is 2. The van der Waals surface area contributed by atoms with Gasteiger partial charge in [0.15, 0.2) is 0 Å². The molecule has 0 spiro atoms. The molecule has 35 heavy (non-hydrogen) atoms. The third kappa shape index (κ3) is 4.85. The maximum absolute atomic E-state index is 12.4. The predicted molar refractivity (Wildman–Crippen MR) is 143 cm³/mol. The van der Waals surface area contributed by atoms with Crippen LogP contribution in [-0.2, 0) is 6.42 Å². The minimum atomic E-state index is -0.240. The number of nitriles is 1. The molecule has 1 fully saturated rings. The summed E-state index contributed by atoms with van der Waals surface area (Å²) in [5.74, 6) is 0. The maximum atomic E-state index is 12.4. The summed E-state index contributed by atoms with van der Waals surface area (Å²) in [6, 6.07) is 26.2. The molecule has 0 saturated carbocycles. The van der Waals surface area contributed by atoms with Crippen LogP contribution in [0.15, 0.2) is 72.3 Å². The van der Waals surface area contributed by atoms with Crippen LogP contribution in [0.5, 0.6) is 0 Å². The summed E-state index contributed by atoms with van der Waals surface area (Å²) in [7, 11) is 0. The zero-order valence-electron chi connectivity index (χ0n) is 20.4. The Balaban J connectivity index is 1.55. The molecule has 176 valence electrons. The van der Waals surface area contributed by atoms with Crippen molar-refractivity contribution in [1.82, 2.24) is 4.90 Å². The van der Waals surface area contributed by atoms with Gasteiger partial charge in [-0.1, -0.05) is 72.8 Å². The lowest BCUT2D eigenvalue weighted by Gasteiger charge is -2.33. The van der Waals surface area contributed by atoms with Gasteiger partial charge in [-0.2, -0.15) is 5.26 Å². The van der Waals surface area contributed by atoms with E-state index in [1.807, 2.05) is 13.0 Å². The van der Waals surface area contributed by atoms with Gasteiger partial charge in [-0.05, 0) is 82.7 Å². The quantitative estimate of drug-likeness (QED) is 0.387. The van der Waals surface area contributed by atoms with Gasteiger partial charge < -0.3 is 0 Å². The number of allylic oxidation sites excluding steroid dienone is 1. The van der Waals surface area contributed by atoms with Gasteiger partial charge >= 0.3 is 0 Å². The maximum Gasteiger partial charge on any atom is 0.100 e. The lowest BCUT2D eigenvalue weighted by molar-refractivity contribution is 0.239. The van der Waals surface area contributed by atoms with Gasteiger partial charge in [0, 0.05) is 19.6 Å². The fourth-order valence-electron chi connectivity index (χ4n) is 5.43. The molecule has 1 saturated heterocycles. The Hall–Kier alpha value is -3.48. The van der Waals surface area contributed by atoms with Crippen LogP contribution in [0.25, 0.3) is 17.2 Å². The SMILES string of the molecule is Cc1cccc(C2=C(c3ccc(C=C4CN(CCCF)C4)cc3)c3ccccc3CCC2)c1C#N. The highest BCUT2D eigenvalue weighted by Crippen LogP contribution is 2.41. The van der Waals surface area contributed by atoms with E-state index in [-0.39, 0.29) is 6.67 Å². The van der Waals surface area contributed by atoms with E-state index in [0.29, 0.717) is 6.42 Å². The van der Waals surface area contributed by atoms with Gasteiger partial charge in [-0.15, -0.1) is 0 Å². The van der Waals surface area contributed by atoms with E-state index in [1.165, 1.54) is 39.0 Å². The summed E-state index contributed by atoms with van der Waals surface area (Å²) >= 11 is 0. The topological polar surface area (TPSA) is 27.0 Å². The number of benzene rings is 3. The molecule has 3 aromatic rings. The lowest BCUT2D eigenvalue weighted by atomic mass is 9.85. The van der Waals surface area contributed by atoms with E-state index in [1.54, 1.807) is 0 Å². The Morgan fingerprint density at radius 3 is 2.49 bits per heavy atom. The van der Waals surface area contributed by atoms with Crippen LogP contribution >= 0.6 is 0 Å². The number of fused-ring (bicyclic) bond motifs is 1. The third-order valence-electron chi connectivity index (χ3n) is 7.20. The minimum absolute atomic E-state index is 0.240. The zero-order valence-corrected chi connectivity index (χ0v) is 20.4. The highest BCUT2D eigenvalue weighted by atomic mass is 19.1. The fraction of sp³-hybridized carbons (Fsp3) is 0.281. The molecule has 0 atom stereocenters. The van der Waals surface area contributed by atoms with Crippen LogP contribution in [0.2, 0.25) is 0 Å². The molecule has 0 bridgehead atoms. The molecule has 5 rings (SSSR count). The second-order valence-electron chi connectivity index (χ2n) is 9.65. The zero-order chi connectivity index (χ0) is 24.2. The Bertz CT molecular complexity index is 1320. The molecule has 0 radical (unpaired) electrons. The Morgan fingerprint density at radius 2 is 1.71 bits per heavy atom. The first-order chi connectivity index (χ1) is 17.2. The average molecular weight is 463 g/mol. The summed E-state index contributed by atoms with van der Waals surface area (Å²) in [5, 5.41) is 9.97. The third-order valence-corrected chi connectivity index (χ3v) is 7.20. The van der Waals surface area contributed by atoms with E-state index in [0.717, 1.165) is 55.6 Å². The Kier molecular flexibility index (Phi) is 6.93. The Labute approximate surface area is 208 Å². The molecule has 1 aliphatic heterocycles. The molecule has 1 aliphatic carbocycles. The predicted octanol–water partition coefficient (Wildman–Crippen LogP) is 7.22. The number of likely N-dealkylation sites (tertiary alicyclic amines) is 1. The van der Waals surface area contributed by atoms with Crippen molar-refractivity contribution in [3.63, 3.8) is 0 Å². The number of hydrogen-bond donors (Lipinski definition) is 0. The van der Waals surface area contributed by atoms with Gasteiger partial charge in [-0.3, -0.25) is 9.29 Å². The largest absolute Gasteiger partial charge is 0.295 e. The van der Waals surface area contributed by atoms with E-state index in [2.05, 4.69) is 77.7 Å². The number of nitrogens with zero attached hydrogens (tertiary/aromatic N) is 2. The molecule has 0 amide bonds. The second-order valence-corrected chi connectivity index (χ2v) is 9.65. The van der Waals surface area contributed by atoms with Crippen molar-refractivity contribution >= 4 is 17.2 Å². The van der Waals surface area contributed by atoms with E-state index < -0.39 is 0 Å². The first-order valence-corrected chi connectivity index (χ1v) is 12.6. The van der Waals surface area contributed by atoms with Gasteiger partial charge in [0.2, 0.25) is 0 Å². The molecule has 3 heteroatoms. The fourth-order valence-corrected chi connectivity index (χ4v) is 5.43. The number of hydrogen-bond acceptors (Lipinski definition) is 2. The molecule has 2 aliphatic rings. The van der Waals surface area contributed by atoms with Gasteiger partial charge in [0.1, 0.15) is 6.07 Å². The first kappa shape index (κ1) is 23.3. The average Bonchev–Trinajstić information content (AvgIpc) is 3.05. The summed E-state index contributed by atoms with van der Waals surface area (Å²) < 4.78 is 12.4. The normalized spacial score (nSPS) is 15.7. The van der Waals surface area contributed by atoms with E-state index in [9.17, 15) is 9.65 Å². The Morgan fingerprint density at radius 1 is 0.943 bits per heavy atom. The van der Waals surface area contributed by atoms with Crippen molar-refractivity contribution < 1.29 is 4.39 Å². The van der Waals surface area contributed by atoms with Crippen LogP contribution in [0.1, 0.15) is 58.2 Å². The molecule has 0 N–H and O–H groups in total. The first-order valence-electron chi connectivity index (χ1n) is 12.6. The molecule has 0 aromatic heterocycles. The van der Waals surface area contributed by atoms with Gasteiger partial charge in [-0.25, -0.2) is 0 Å². The van der Waals surface area contributed by atoms with Crippen LogP contribution in [0, 0.1) is 18.3 Å². The summed E-state index contributed by atoms with van der Waals surface area (Å²) in [6.45, 7) is 4.50. The smallest absolute Gasteiger partial charge is 0.100 e. The van der Waals surface area contributed by atoms with Crippen molar-refractivity contribution in [3.05, 3.63) is 111 Å². The van der Waals surface area contributed by atoms with Crippen LogP contribution in [0.3, 0.4) is 0 Å². The van der Waals surface area contributed by atoms with E-state index in [4.69, 9.17) is 0 Å². The van der Waals surface area contributed by atoms with E-state index >= 15 is 0 Å². The standard InChI is InChI=1S/C32H31FN2/c1-23-7-4-11-29(31(23)20-34)30-12-5-9-26-8-2-3-10-28(26)32(30)27-15-13-24(14-16-27)19-25-21-35(22-25)18-6-17-33/h2-4,7-8,10-11,13-16,19H,5-6,9,12,17-18,21-22H2,1H3. The number of rotatable bonds is 6. The van der Waals surface area contributed by atoms with Crippen LogP contribution < -0.4 is 0 Å². The summed E-state index contributed by atoms with van der Waals surface area (Å²) in [5.41, 5.74) is 11.8. The molecular weight excluding hydrogens is 431 g/mol. The van der Waals surface area contributed by atoms with Crippen molar-refractivity contribution in [1.29, 1.82) is 5.26 Å². The van der Waals surface area contributed by atoms with Crippen LogP contribution in [-0.4, -0.2) is 31.2 Å². The lowest BCUT2D eigenvalue weighted by Crippen LogP contribution is -2.40. The summed E-state index contributed by atoms with van der Waals surface area (Å²) in [4.78, 5) is 2.29. The van der Waals surface area contributed by atoms with Crippen molar-refractivity contribution in [2.45, 2.75) is 32.6 Å². The van der Waals surface area contributed by atoms with Crippen molar-refractivity contribution in [3.8, 4) is 6.07 Å². The second kappa shape index (κ2) is 10.4. The monoisotopic (exact) mass is 462 g/mol. The molecule has 2 nitrogen and oxygen atoms in total. The van der Waals surface area contributed by atoms with Crippen LogP contribution in [0.4, 0.5) is 4.39 Å². The number of halogens is 1. The highest BCUT2D eigenvalue weighted by Gasteiger charge is 2.22. The number of alkyl halides is 1. The van der Waals surface area contributed by atoms with Gasteiger partial charge in [0.25, 0.3) is 0 Å². The molecule has 1 heterocycles. The van der Waals surface area contributed by atoms with Gasteiger partial charge in [0.05, 0.1) is 12.2 Å². The minimum Gasteiger partial charge on any atom is -0.295 e. The molecular formula is C32H31FN2. The van der Waals surface area contributed by atoms with Crippen molar-refractivity contribution in [2.75, 3.05) is 26.3 Å². The molecule has 0 unspecified atom stereocenters. The molecule has 3 aromatic carbocycles.